The highest BCUT2D eigenvalue weighted by Gasteiger charge is 2.36. The van der Waals surface area contributed by atoms with E-state index in [-0.39, 0.29) is 11.3 Å². The van der Waals surface area contributed by atoms with Crippen molar-refractivity contribution in [2.75, 3.05) is 0 Å². The number of nitro groups is 1. The number of nitrogens with zero attached hydrogens (tertiary/aromatic N) is 1. The van der Waals surface area contributed by atoms with Crippen molar-refractivity contribution in [1.82, 2.24) is 0 Å². The second-order valence-corrected chi connectivity index (χ2v) is 6.93. The van der Waals surface area contributed by atoms with E-state index in [1.807, 2.05) is 0 Å². The van der Waals surface area contributed by atoms with Crippen LogP contribution in [0.5, 0.6) is 0 Å². The molecular formula is C8H9NO8P2. The Morgan fingerprint density at radius 2 is 1.47 bits per heavy atom. The Morgan fingerprint density at radius 3 is 1.79 bits per heavy atom. The second kappa shape index (κ2) is 5.34. The second-order valence-electron chi connectivity index (χ2n) is 3.44. The van der Waals surface area contributed by atoms with Gasteiger partial charge >= 0.3 is 15.2 Å². The molecule has 0 spiro atoms. The average molecular weight is 309 g/mol. The molecule has 1 aromatic carbocycles. The molecule has 0 amide bonds. The summed E-state index contributed by atoms with van der Waals surface area (Å²) in [5.41, 5.74) is -0.238. The van der Waals surface area contributed by atoms with E-state index in [9.17, 15) is 19.2 Å². The predicted octanol–water partition coefficient (Wildman–Crippen LogP) is 1.25. The molecule has 0 saturated heterocycles. The Kier molecular flexibility index (Phi) is 4.42. The summed E-state index contributed by atoms with van der Waals surface area (Å²) in [5, 5.41) is 9.06. The van der Waals surface area contributed by atoms with E-state index >= 15 is 0 Å². The Balaban J connectivity index is 3.28. The van der Waals surface area contributed by atoms with Gasteiger partial charge in [-0.3, -0.25) is 19.2 Å². The molecule has 0 bridgehead atoms. The van der Waals surface area contributed by atoms with Crippen LogP contribution in [0.3, 0.4) is 0 Å². The van der Waals surface area contributed by atoms with E-state index in [1.165, 1.54) is 0 Å². The van der Waals surface area contributed by atoms with Crippen LogP contribution in [-0.4, -0.2) is 24.5 Å². The number of hydrogen-bond acceptors (Lipinski definition) is 4. The van der Waals surface area contributed by atoms with Crippen LogP contribution >= 0.6 is 15.2 Å². The summed E-state index contributed by atoms with van der Waals surface area (Å²) in [7, 11) is -10.3. The van der Waals surface area contributed by atoms with Crippen molar-refractivity contribution in [2.24, 2.45) is 0 Å². The molecule has 104 valence electrons. The van der Waals surface area contributed by atoms with Gasteiger partial charge in [0, 0.05) is 12.1 Å². The van der Waals surface area contributed by atoms with Crippen LogP contribution in [0.2, 0.25) is 0 Å². The first-order valence-electron chi connectivity index (χ1n) is 4.60. The van der Waals surface area contributed by atoms with E-state index in [1.54, 1.807) is 0 Å². The number of nitro benzene ring substituents is 1. The highest BCUT2D eigenvalue weighted by atomic mass is 31.2. The summed E-state index contributed by atoms with van der Waals surface area (Å²) >= 11 is 0. The normalized spacial score (nSPS) is 12.0. The van der Waals surface area contributed by atoms with E-state index in [0.29, 0.717) is 6.08 Å². The molecule has 0 aliphatic heterocycles. The minimum Gasteiger partial charge on any atom is -0.321 e. The summed E-state index contributed by atoms with van der Waals surface area (Å²) < 4.78 is 22.0. The summed E-state index contributed by atoms with van der Waals surface area (Å²) in [6.45, 7) is 0. The van der Waals surface area contributed by atoms with Gasteiger partial charge in [-0.1, -0.05) is 0 Å². The zero-order valence-corrected chi connectivity index (χ0v) is 10.9. The SMILES string of the molecule is O=[N+]([O-])c1ccc(C=C(P(=O)(O)O)P(=O)(O)O)cc1. The fourth-order valence-corrected chi connectivity index (χ4v) is 3.17. The minimum atomic E-state index is -5.13. The highest BCUT2D eigenvalue weighted by molar-refractivity contribution is 7.77. The predicted molar refractivity (Wildman–Crippen MR) is 65.2 cm³/mol. The van der Waals surface area contributed by atoms with Crippen molar-refractivity contribution >= 4 is 27.0 Å². The lowest BCUT2D eigenvalue weighted by atomic mass is 10.2. The fraction of sp³-hybridized carbons (Fsp3) is 0. The van der Waals surface area contributed by atoms with Crippen molar-refractivity contribution in [3.8, 4) is 0 Å². The molecule has 0 aromatic heterocycles. The number of non-ortho nitro benzene ring substituents is 1. The molecule has 0 saturated carbocycles. The van der Waals surface area contributed by atoms with Gasteiger partial charge in [0.2, 0.25) is 0 Å². The van der Waals surface area contributed by atoms with E-state index in [4.69, 9.17) is 19.6 Å². The summed E-state index contributed by atoms with van der Waals surface area (Å²) in [5.74, 6) is 0. The average Bonchev–Trinajstić information content (AvgIpc) is 2.23. The standard InChI is InChI=1S/C8H9NO8P2/c10-9(11)7-3-1-6(2-4-7)5-8(18(12,13)14)19(15,16)17/h1-5H,(H2,12,13,14)(H2,15,16,17). The van der Waals surface area contributed by atoms with Gasteiger partial charge in [0.1, 0.15) is 0 Å². The number of rotatable bonds is 4. The first-order chi connectivity index (χ1) is 8.51. The van der Waals surface area contributed by atoms with Gasteiger partial charge in [-0.2, -0.15) is 0 Å². The van der Waals surface area contributed by atoms with E-state index in [0.717, 1.165) is 24.3 Å². The Hall–Kier alpha value is -1.34. The maximum absolute atomic E-state index is 11.0. The van der Waals surface area contributed by atoms with Crippen LogP contribution in [0.15, 0.2) is 29.3 Å². The van der Waals surface area contributed by atoms with Gasteiger partial charge in [0.25, 0.3) is 5.69 Å². The maximum Gasteiger partial charge on any atom is 0.364 e. The van der Waals surface area contributed by atoms with Crippen molar-refractivity contribution < 1.29 is 33.6 Å². The van der Waals surface area contributed by atoms with Crippen molar-refractivity contribution in [2.45, 2.75) is 0 Å². The number of benzene rings is 1. The number of hydrogen-bond donors (Lipinski definition) is 4. The highest BCUT2D eigenvalue weighted by Crippen LogP contribution is 2.64. The summed E-state index contributed by atoms with van der Waals surface area (Å²) in [6, 6.07) is 4.32. The monoisotopic (exact) mass is 309 g/mol. The molecule has 9 nitrogen and oxygen atoms in total. The van der Waals surface area contributed by atoms with Crippen LogP contribution in [0, 0.1) is 10.1 Å². The molecule has 4 N–H and O–H groups in total. The third-order valence-corrected chi connectivity index (χ3v) is 5.01. The van der Waals surface area contributed by atoms with Gasteiger partial charge in [0.05, 0.1) is 4.92 Å². The molecule has 19 heavy (non-hydrogen) atoms. The zero-order valence-electron chi connectivity index (χ0n) is 9.15. The van der Waals surface area contributed by atoms with Crippen LogP contribution < -0.4 is 0 Å². The molecule has 0 aliphatic carbocycles. The van der Waals surface area contributed by atoms with Gasteiger partial charge < -0.3 is 19.6 Å². The third-order valence-electron chi connectivity index (χ3n) is 2.00. The smallest absolute Gasteiger partial charge is 0.321 e. The van der Waals surface area contributed by atoms with Crippen LogP contribution in [0.25, 0.3) is 6.08 Å². The van der Waals surface area contributed by atoms with Crippen LogP contribution in [0.4, 0.5) is 5.69 Å². The van der Waals surface area contributed by atoms with Gasteiger partial charge in [0.15, 0.2) is 5.06 Å². The van der Waals surface area contributed by atoms with Crippen LogP contribution in [0.1, 0.15) is 5.56 Å². The lowest BCUT2D eigenvalue weighted by Gasteiger charge is -2.10. The lowest BCUT2D eigenvalue weighted by Crippen LogP contribution is -1.90. The molecule has 0 heterocycles. The molecule has 0 atom stereocenters. The Labute approximate surface area is 106 Å². The van der Waals surface area contributed by atoms with Gasteiger partial charge in [-0.25, -0.2) is 0 Å². The summed E-state index contributed by atoms with van der Waals surface area (Å²) in [4.78, 5) is 45.2. The minimum absolute atomic E-state index is 0.0206. The zero-order chi connectivity index (χ0) is 14.8. The fourth-order valence-electron chi connectivity index (χ4n) is 1.18. The molecule has 0 aliphatic rings. The Morgan fingerprint density at radius 1 is 1.05 bits per heavy atom. The molecule has 1 rings (SSSR count). The Bertz CT molecular complexity index is 586. The van der Waals surface area contributed by atoms with Crippen LogP contribution in [-0.2, 0) is 9.13 Å². The molecule has 0 radical (unpaired) electrons. The lowest BCUT2D eigenvalue weighted by molar-refractivity contribution is -0.384. The first kappa shape index (κ1) is 15.7. The topological polar surface area (TPSA) is 158 Å². The maximum atomic E-state index is 11.0. The molecule has 0 fully saturated rings. The molecule has 0 unspecified atom stereocenters. The summed E-state index contributed by atoms with van der Waals surface area (Å²) in [6.07, 6.45) is 0.616. The van der Waals surface area contributed by atoms with Crippen molar-refractivity contribution in [3.63, 3.8) is 0 Å². The molecular weight excluding hydrogens is 300 g/mol. The first-order valence-corrected chi connectivity index (χ1v) is 7.82. The van der Waals surface area contributed by atoms with Gasteiger partial charge in [-0.15, -0.1) is 0 Å². The van der Waals surface area contributed by atoms with E-state index in [2.05, 4.69) is 0 Å². The quantitative estimate of drug-likeness (QED) is 0.367. The van der Waals surface area contributed by atoms with Crippen molar-refractivity contribution in [1.29, 1.82) is 0 Å². The van der Waals surface area contributed by atoms with E-state index < -0.39 is 25.2 Å². The van der Waals surface area contributed by atoms with Gasteiger partial charge in [-0.05, 0) is 23.8 Å². The van der Waals surface area contributed by atoms with Crippen molar-refractivity contribution in [3.05, 3.63) is 45.0 Å². The molecule has 11 heteroatoms. The molecule has 1 aromatic rings. The largest absolute Gasteiger partial charge is 0.364 e. The third kappa shape index (κ3) is 4.36.